The molecule has 6 heteroatoms. The molecule has 30 heavy (non-hydrogen) atoms. The van der Waals surface area contributed by atoms with E-state index in [2.05, 4.69) is 13.8 Å². The van der Waals surface area contributed by atoms with Crippen LogP contribution in [0.1, 0.15) is 66.2 Å². The van der Waals surface area contributed by atoms with E-state index in [1.165, 1.54) is 0 Å². The molecule has 176 valence electrons. The summed E-state index contributed by atoms with van der Waals surface area (Å²) in [6, 6.07) is 0. The summed E-state index contributed by atoms with van der Waals surface area (Å²) in [7, 11) is 0. The molecule has 2 heterocycles. The zero-order chi connectivity index (χ0) is 21.7. The van der Waals surface area contributed by atoms with Crippen LogP contribution in [0.15, 0.2) is 0 Å². The SMILES string of the molecule is CC1CC2OC2CC1CC(O)(COCCO)CC1CC2OC2CC1C.CCOCC. The van der Waals surface area contributed by atoms with Gasteiger partial charge in [-0.3, -0.25) is 0 Å². The second-order valence-electron chi connectivity index (χ2n) is 10.0. The van der Waals surface area contributed by atoms with Crippen molar-refractivity contribution in [3.05, 3.63) is 0 Å². The van der Waals surface area contributed by atoms with Gasteiger partial charge in [-0.25, -0.2) is 0 Å². The van der Waals surface area contributed by atoms with Gasteiger partial charge in [-0.05, 0) is 76.0 Å². The maximum Gasteiger partial charge on any atom is 0.0885 e. The van der Waals surface area contributed by atoms with Crippen LogP contribution in [0.3, 0.4) is 0 Å². The fourth-order valence-electron chi connectivity index (χ4n) is 5.64. The van der Waals surface area contributed by atoms with Crippen molar-refractivity contribution in [2.45, 2.75) is 96.2 Å². The molecule has 8 atom stereocenters. The fourth-order valence-corrected chi connectivity index (χ4v) is 5.64. The third-order valence-corrected chi connectivity index (χ3v) is 7.56. The largest absolute Gasteiger partial charge is 0.394 e. The van der Waals surface area contributed by atoms with Gasteiger partial charge in [0.25, 0.3) is 0 Å². The number of hydrogen-bond donors (Lipinski definition) is 2. The van der Waals surface area contributed by atoms with E-state index in [0.29, 0.717) is 61.3 Å². The lowest BCUT2D eigenvalue weighted by Gasteiger charge is -2.39. The van der Waals surface area contributed by atoms with Crippen LogP contribution in [0.5, 0.6) is 0 Å². The second kappa shape index (κ2) is 11.1. The summed E-state index contributed by atoms with van der Waals surface area (Å²) in [4.78, 5) is 0. The van der Waals surface area contributed by atoms with Crippen LogP contribution in [-0.4, -0.2) is 73.3 Å². The standard InChI is InChI=1S/C20H34O5.C4H10O/c1-12-5-16-18(24-16)7-14(12)9-20(22,11-23-4-3-21)10-15-8-19-17(25-19)6-13(15)2;1-3-5-4-2/h12-19,21-22H,3-11H2,1-2H3;3-4H2,1-2H3. The minimum absolute atomic E-state index is 0.00489. The smallest absolute Gasteiger partial charge is 0.0885 e. The van der Waals surface area contributed by atoms with Gasteiger partial charge in [-0.2, -0.15) is 0 Å². The molecule has 4 fully saturated rings. The highest BCUT2D eigenvalue weighted by atomic mass is 16.6. The van der Waals surface area contributed by atoms with Crippen molar-refractivity contribution in [2.24, 2.45) is 23.7 Å². The molecular weight excluding hydrogens is 384 g/mol. The van der Waals surface area contributed by atoms with Crippen molar-refractivity contribution in [3.63, 3.8) is 0 Å². The molecule has 2 N–H and O–H groups in total. The first-order chi connectivity index (χ1) is 14.4. The monoisotopic (exact) mass is 428 g/mol. The quantitative estimate of drug-likeness (QED) is 0.411. The van der Waals surface area contributed by atoms with E-state index in [-0.39, 0.29) is 6.61 Å². The average Bonchev–Trinajstić information content (AvgIpc) is 3.60. The molecule has 0 aromatic carbocycles. The van der Waals surface area contributed by atoms with Crippen LogP contribution in [0, 0.1) is 23.7 Å². The van der Waals surface area contributed by atoms with E-state index >= 15 is 0 Å². The predicted molar refractivity (Wildman–Crippen MR) is 115 cm³/mol. The van der Waals surface area contributed by atoms with Crippen molar-refractivity contribution < 1.29 is 29.2 Å². The molecule has 0 bridgehead atoms. The first-order valence-corrected chi connectivity index (χ1v) is 12.2. The highest BCUT2D eigenvalue weighted by Crippen LogP contribution is 2.49. The Bertz CT molecular complexity index is 478. The minimum atomic E-state index is -0.809. The molecule has 0 amide bonds. The molecule has 2 aliphatic carbocycles. The fraction of sp³-hybridized carbons (Fsp3) is 1.00. The Morgan fingerprint density at radius 3 is 1.67 bits per heavy atom. The molecule has 2 saturated carbocycles. The molecule has 0 aromatic heterocycles. The lowest BCUT2D eigenvalue weighted by molar-refractivity contribution is -0.0898. The number of fused-ring (bicyclic) bond motifs is 2. The highest BCUT2D eigenvalue weighted by Gasteiger charge is 2.51. The van der Waals surface area contributed by atoms with Gasteiger partial charge in [-0.1, -0.05) is 13.8 Å². The maximum absolute atomic E-state index is 11.5. The van der Waals surface area contributed by atoms with Crippen molar-refractivity contribution in [2.75, 3.05) is 33.0 Å². The molecule has 0 spiro atoms. The van der Waals surface area contributed by atoms with Crippen LogP contribution in [0.25, 0.3) is 0 Å². The predicted octanol–water partition coefficient (Wildman–Crippen LogP) is 3.18. The molecule has 2 aliphatic heterocycles. The van der Waals surface area contributed by atoms with E-state index in [4.69, 9.17) is 24.1 Å². The third-order valence-electron chi connectivity index (χ3n) is 7.56. The van der Waals surface area contributed by atoms with E-state index in [1.807, 2.05) is 13.8 Å². The number of ether oxygens (including phenoxy) is 4. The molecule has 4 aliphatic rings. The third kappa shape index (κ3) is 6.88. The lowest BCUT2D eigenvalue weighted by atomic mass is 9.69. The number of rotatable bonds is 10. The summed E-state index contributed by atoms with van der Waals surface area (Å²) in [5.41, 5.74) is -0.809. The molecule has 8 unspecified atom stereocenters. The Morgan fingerprint density at radius 1 is 0.800 bits per heavy atom. The van der Waals surface area contributed by atoms with E-state index < -0.39 is 5.60 Å². The normalized spacial score (nSPS) is 41.0. The Morgan fingerprint density at radius 2 is 1.27 bits per heavy atom. The molecule has 6 nitrogen and oxygen atoms in total. The minimum Gasteiger partial charge on any atom is -0.394 e. The lowest BCUT2D eigenvalue weighted by Crippen LogP contribution is -2.43. The number of aliphatic hydroxyl groups excluding tert-OH is 1. The molecule has 2 saturated heterocycles. The Hall–Kier alpha value is -0.240. The summed E-state index contributed by atoms with van der Waals surface area (Å²) in [6.07, 6.45) is 7.77. The van der Waals surface area contributed by atoms with Gasteiger partial charge in [0.2, 0.25) is 0 Å². The highest BCUT2D eigenvalue weighted by molar-refractivity contribution is 5.00. The Labute approximate surface area is 182 Å². The van der Waals surface area contributed by atoms with Crippen molar-refractivity contribution in [1.29, 1.82) is 0 Å². The van der Waals surface area contributed by atoms with E-state index in [0.717, 1.165) is 51.7 Å². The van der Waals surface area contributed by atoms with Crippen molar-refractivity contribution in [3.8, 4) is 0 Å². The summed E-state index contributed by atoms with van der Waals surface area (Å²) < 4.78 is 21.9. The Balaban J connectivity index is 0.000000461. The molecular formula is C24H44O6. The van der Waals surface area contributed by atoms with E-state index in [1.54, 1.807) is 0 Å². The zero-order valence-corrected chi connectivity index (χ0v) is 19.4. The van der Waals surface area contributed by atoms with Crippen LogP contribution in [-0.2, 0) is 18.9 Å². The summed E-state index contributed by atoms with van der Waals surface area (Å²) in [6.45, 7) is 10.9. The molecule has 0 radical (unpaired) electrons. The average molecular weight is 429 g/mol. The number of epoxide rings is 2. The first kappa shape index (κ1) is 24.4. The van der Waals surface area contributed by atoms with Gasteiger partial charge < -0.3 is 29.2 Å². The summed E-state index contributed by atoms with van der Waals surface area (Å²) >= 11 is 0. The topological polar surface area (TPSA) is 84.0 Å². The van der Waals surface area contributed by atoms with Gasteiger partial charge in [0.05, 0.1) is 49.8 Å². The van der Waals surface area contributed by atoms with Gasteiger partial charge >= 0.3 is 0 Å². The molecule has 4 rings (SSSR count). The van der Waals surface area contributed by atoms with E-state index in [9.17, 15) is 5.11 Å². The number of hydrogen-bond acceptors (Lipinski definition) is 6. The van der Waals surface area contributed by atoms with Crippen LogP contribution >= 0.6 is 0 Å². The molecule has 0 aromatic rings. The van der Waals surface area contributed by atoms with Gasteiger partial charge in [0.1, 0.15) is 0 Å². The first-order valence-electron chi connectivity index (χ1n) is 12.2. The van der Waals surface area contributed by atoms with Crippen LogP contribution in [0.4, 0.5) is 0 Å². The van der Waals surface area contributed by atoms with Gasteiger partial charge in [0, 0.05) is 13.2 Å². The summed E-state index contributed by atoms with van der Waals surface area (Å²) in [5, 5.41) is 20.5. The van der Waals surface area contributed by atoms with Gasteiger partial charge in [0.15, 0.2) is 0 Å². The van der Waals surface area contributed by atoms with Crippen LogP contribution in [0.2, 0.25) is 0 Å². The van der Waals surface area contributed by atoms with Gasteiger partial charge in [-0.15, -0.1) is 0 Å². The second-order valence-corrected chi connectivity index (χ2v) is 10.0. The maximum atomic E-state index is 11.5. The Kier molecular flexibility index (Phi) is 9.00. The number of aliphatic hydroxyl groups is 2. The summed E-state index contributed by atoms with van der Waals surface area (Å²) in [5.74, 6) is 2.17. The van der Waals surface area contributed by atoms with Crippen LogP contribution < -0.4 is 0 Å². The zero-order valence-electron chi connectivity index (χ0n) is 19.4. The van der Waals surface area contributed by atoms with Crippen molar-refractivity contribution in [1.82, 2.24) is 0 Å². The van der Waals surface area contributed by atoms with Crippen molar-refractivity contribution >= 4 is 0 Å².